The lowest BCUT2D eigenvalue weighted by Gasteiger charge is -2.38. The first-order valence-electron chi connectivity index (χ1n) is 7.27. The zero-order valence-corrected chi connectivity index (χ0v) is 12.2. The third kappa shape index (κ3) is 3.73. The fraction of sp³-hybridized carbons (Fsp3) is 0.562. The van der Waals surface area contributed by atoms with Crippen molar-refractivity contribution >= 4 is 11.7 Å². The molecule has 0 amide bonds. The predicted molar refractivity (Wildman–Crippen MR) is 79.2 cm³/mol. The number of anilines is 1. The van der Waals surface area contributed by atoms with Crippen LogP contribution in [-0.4, -0.2) is 36.4 Å². The van der Waals surface area contributed by atoms with Crippen LogP contribution in [0.4, 0.5) is 5.69 Å². The Morgan fingerprint density at radius 2 is 2.10 bits per heavy atom. The second-order valence-corrected chi connectivity index (χ2v) is 5.44. The summed E-state index contributed by atoms with van der Waals surface area (Å²) in [5, 5.41) is 9.18. The molecule has 0 radical (unpaired) electrons. The third-order valence-corrected chi connectivity index (χ3v) is 3.91. The monoisotopic (exact) mass is 277 g/mol. The molecule has 0 spiro atoms. The average Bonchev–Trinajstić information content (AvgIpc) is 2.46. The molecule has 1 aromatic rings. The van der Waals surface area contributed by atoms with E-state index in [2.05, 4.69) is 6.92 Å². The molecule has 1 aliphatic heterocycles. The summed E-state index contributed by atoms with van der Waals surface area (Å²) in [7, 11) is 0. The minimum atomic E-state index is -0.787. The van der Waals surface area contributed by atoms with E-state index in [0.717, 1.165) is 24.9 Å². The van der Waals surface area contributed by atoms with Gasteiger partial charge in [0.2, 0.25) is 0 Å². The Hall–Kier alpha value is -1.55. The van der Waals surface area contributed by atoms with E-state index in [-0.39, 0.29) is 18.7 Å². The summed E-state index contributed by atoms with van der Waals surface area (Å²) < 4.78 is 5.69. The maximum absolute atomic E-state index is 11.2. The van der Waals surface area contributed by atoms with Crippen LogP contribution in [0.2, 0.25) is 0 Å². The minimum absolute atomic E-state index is 0.0458. The maximum Gasteiger partial charge on any atom is 0.323 e. The summed E-state index contributed by atoms with van der Waals surface area (Å²) >= 11 is 0. The van der Waals surface area contributed by atoms with E-state index in [9.17, 15) is 9.90 Å². The number of nitrogens with zero attached hydrogens (tertiary/aromatic N) is 1. The molecule has 1 fully saturated rings. The summed E-state index contributed by atoms with van der Waals surface area (Å²) in [6, 6.07) is 8.32. The molecule has 0 aromatic heterocycles. The molecule has 2 atom stereocenters. The van der Waals surface area contributed by atoms with Crippen LogP contribution in [0.1, 0.15) is 31.7 Å². The largest absolute Gasteiger partial charge is 0.480 e. The van der Waals surface area contributed by atoms with Gasteiger partial charge in [-0.1, -0.05) is 24.6 Å². The molecule has 1 heterocycles. The molecule has 1 aromatic carbocycles. The molecule has 20 heavy (non-hydrogen) atoms. The number of aliphatic carboxylic acids is 1. The molecule has 1 saturated heterocycles. The van der Waals surface area contributed by atoms with Crippen molar-refractivity contribution < 1.29 is 14.6 Å². The van der Waals surface area contributed by atoms with Crippen LogP contribution < -0.4 is 4.90 Å². The van der Waals surface area contributed by atoms with Crippen LogP contribution in [0.5, 0.6) is 0 Å². The maximum atomic E-state index is 11.2. The van der Waals surface area contributed by atoms with Crippen LogP contribution in [0.3, 0.4) is 0 Å². The highest BCUT2D eigenvalue weighted by Crippen LogP contribution is 2.26. The van der Waals surface area contributed by atoms with Gasteiger partial charge in [-0.15, -0.1) is 0 Å². The van der Waals surface area contributed by atoms with E-state index in [0.29, 0.717) is 6.61 Å². The second-order valence-electron chi connectivity index (χ2n) is 5.44. The van der Waals surface area contributed by atoms with Gasteiger partial charge >= 0.3 is 5.97 Å². The van der Waals surface area contributed by atoms with Crippen LogP contribution >= 0.6 is 0 Å². The number of ether oxygens (including phenoxy) is 1. The summed E-state index contributed by atoms with van der Waals surface area (Å²) in [6.45, 7) is 4.91. The van der Waals surface area contributed by atoms with E-state index in [1.165, 1.54) is 5.56 Å². The zero-order chi connectivity index (χ0) is 14.5. The first-order valence-corrected chi connectivity index (χ1v) is 7.27. The normalized spacial score (nSPS) is 22.5. The van der Waals surface area contributed by atoms with Gasteiger partial charge in [-0.2, -0.15) is 0 Å². The van der Waals surface area contributed by atoms with Crippen molar-refractivity contribution in [2.45, 2.75) is 45.3 Å². The van der Waals surface area contributed by atoms with Crippen LogP contribution in [0.25, 0.3) is 0 Å². The lowest BCUT2D eigenvalue weighted by molar-refractivity contribution is -0.135. The number of hydrogen-bond donors (Lipinski definition) is 1. The number of hydrogen-bond acceptors (Lipinski definition) is 3. The van der Waals surface area contributed by atoms with Crippen molar-refractivity contribution in [1.82, 2.24) is 0 Å². The van der Waals surface area contributed by atoms with Gasteiger partial charge in [-0.25, -0.2) is 0 Å². The third-order valence-electron chi connectivity index (χ3n) is 3.91. The lowest BCUT2D eigenvalue weighted by Crippen LogP contribution is -2.44. The molecule has 1 aliphatic rings. The molecule has 4 nitrogen and oxygen atoms in total. The Morgan fingerprint density at radius 1 is 1.40 bits per heavy atom. The summed E-state index contributed by atoms with van der Waals surface area (Å²) in [4.78, 5) is 13.2. The smallest absolute Gasteiger partial charge is 0.323 e. The van der Waals surface area contributed by atoms with E-state index in [1.54, 1.807) is 0 Å². The van der Waals surface area contributed by atoms with Crippen molar-refractivity contribution in [3.8, 4) is 0 Å². The Labute approximate surface area is 120 Å². The fourth-order valence-electron chi connectivity index (χ4n) is 2.74. The van der Waals surface area contributed by atoms with Gasteiger partial charge in [-0.3, -0.25) is 4.79 Å². The van der Waals surface area contributed by atoms with Gasteiger partial charge in [0.25, 0.3) is 0 Å². The Kier molecular flexibility index (Phi) is 5.01. The van der Waals surface area contributed by atoms with Crippen molar-refractivity contribution in [3.05, 3.63) is 29.8 Å². The Bertz CT molecular complexity index is 444. The first-order chi connectivity index (χ1) is 9.60. The number of carboxylic acid groups (broad SMARTS) is 1. The van der Waals surface area contributed by atoms with Crippen LogP contribution in [0.15, 0.2) is 24.3 Å². The zero-order valence-electron chi connectivity index (χ0n) is 12.2. The van der Waals surface area contributed by atoms with E-state index >= 15 is 0 Å². The van der Waals surface area contributed by atoms with Gasteiger partial charge in [0.1, 0.15) is 6.54 Å². The van der Waals surface area contributed by atoms with Crippen molar-refractivity contribution in [1.29, 1.82) is 0 Å². The van der Waals surface area contributed by atoms with Gasteiger partial charge in [0, 0.05) is 18.3 Å². The molecule has 0 saturated carbocycles. The molecule has 4 heteroatoms. The van der Waals surface area contributed by atoms with Crippen molar-refractivity contribution in [2.75, 3.05) is 18.1 Å². The molecule has 2 rings (SSSR count). The molecular formula is C16H23NO3. The molecule has 2 unspecified atom stereocenters. The standard InChI is InChI=1S/C16H23NO3/c1-3-15-10-14(8-9-20-15)17(11-16(18)19)13-6-4-12(2)5-7-13/h4-7,14-15H,3,8-11H2,1-2H3,(H,18,19). The Balaban J connectivity index is 2.18. The number of carboxylic acids is 1. The van der Waals surface area contributed by atoms with E-state index < -0.39 is 5.97 Å². The minimum Gasteiger partial charge on any atom is -0.480 e. The van der Waals surface area contributed by atoms with Crippen molar-refractivity contribution in [3.63, 3.8) is 0 Å². The predicted octanol–water partition coefficient (Wildman–Crippen LogP) is 2.84. The van der Waals surface area contributed by atoms with E-state index in [4.69, 9.17) is 4.74 Å². The average molecular weight is 277 g/mol. The highest BCUT2D eigenvalue weighted by Gasteiger charge is 2.27. The summed E-state index contributed by atoms with van der Waals surface area (Å²) in [6.07, 6.45) is 3.01. The highest BCUT2D eigenvalue weighted by atomic mass is 16.5. The van der Waals surface area contributed by atoms with Crippen LogP contribution in [0, 0.1) is 6.92 Å². The molecule has 0 bridgehead atoms. The molecular weight excluding hydrogens is 254 g/mol. The number of benzene rings is 1. The number of rotatable bonds is 5. The molecule has 0 aliphatic carbocycles. The SMILES string of the molecule is CCC1CC(N(CC(=O)O)c2ccc(C)cc2)CCO1. The summed E-state index contributed by atoms with van der Waals surface area (Å²) in [5.41, 5.74) is 2.17. The number of aryl methyl sites for hydroxylation is 1. The van der Waals surface area contributed by atoms with Gasteiger partial charge < -0.3 is 14.7 Å². The topological polar surface area (TPSA) is 49.8 Å². The van der Waals surface area contributed by atoms with Gasteiger partial charge in [0.05, 0.1) is 6.10 Å². The second kappa shape index (κ2) is 6.75. The van der Waals surface area contributed by atoms with Crippen molar-refractivity contribution in [2.24, 2.45) is 0 Å². The summed E-state index contributed by atoms with van der Waals surface area (Å²) in [5.74, 6) is -0.787. The molecule has 1 N–H and O–H groups in total. The Morgan fingerprint density at radius 3 is 2.70 bits per heavy atom. The highest BCUT2D eigenvalue weighted by molar-refractivity contribution is 5.74. The van der Waals surface area contributed by atoms with Gasteiger partial charge in [0.15, 0.2) is 0 Å². The quantitative estimate of drug-likeness (QED) is 0.899. The first kappa shape index (κ1) is 14.9. The molecule has 110 valence electrons. The number of carbonyl (C=O) groups is 1. The lowest BCUT2D eigenvalue weighted by atomic mass is 9.99. The fourth-order valence-corrected chi connectivity index (χ4v) is 2.74. The van der Waals surface area contributed by atoms with Crippen LogP contribution in [-0.2, 0) is 9.53 Å². The van der Waals surface area contributed by atoms with E-state index in [1.807, 2.05) is 36.1 Å². The van der Waals surface area contributed by atoms with Gasteiger partial charge in [-0.05, 0) is 38.3 Å².